The van der Waals surface area contributed by atoms with Crippen LogP contribution in [0.3, 0.4) is 0 Å². The van der Waals surface area contributed by atoms with Gasteiger partial charge in [0.15, 0.2) is 5.76 Å². The molecule has 0 saturated carbocycles. The fourth-order valence-electron chi connectivity index (χ4n) is 2.08. The molecule has 2 rings (SSSR count). The number of nitriles is 1. The van der Waals surface area contributed by atoms with Gasteiger partial charge in [0, 0.05) is 5.56 Å². The number of benzene rings is 2. The van der Waals surface area contributed by atoms with E-state index in [0.29, 0.717) is 0 Å². The topological polar surface area (TPSA) is 142 Å². The van der Waals surface area contributed by atoms with Gasteiger partial charge in [-0.15, -0.1) is 5.26 Å². The average molecular weight is 381 g/mol. The fraction of sp³-hybridized carbons (Fsp3) is 0. The van der Waals surface area contributed by atoms with Crippen molar-refractivity contribution < 1.29 is 30.7 Å². The summed E-state index contributed by atoms with van der Waals surface area (Å²) in [5.74, 6) is -0.327. The number of hydrogen-bond acceptors (Lipinski definition) is 6. The van der Waals surface area contributed by atoms with E-state index in [4.69, 9.17) is 10.00 Å². The summed E-state index contributed by atoms with van der Waals surface area (Å²) in [4.78, 5) is -0.987. The van der Waals surface area contributed by atoms with E-state index in [0.717, 1.165) is 18.2 Å². The van der Waals surface area contributed by atoms with Crippen LogP contribution in [0.15, 0.2) is 58.3 Å². The largest absolute Gasteiger partial charge is 0.387 e. The van der Waals surface area contributed by atoms with Gasteiger partial charge < -0.3 is 4.74 Å². The third-order valence-corrected chi connectivity index (χ3v) is 4.91. The van der Waals surface area contributed by atoms with Gasteiger partial charge in [-0.1, -0.05) is 30.3 Å². The quantitative estimate of drug-likeness (QED) is 0.347. The Hall–Kier alpha value is -2.71. The maximum Gasteiger partial charge on any atom is 0.295 e. The maximum absolute atomic E-state index is 11.5. The Balaban J connectivity index is 2.75. The Kier molecular flexibility index (Phi) is 5.24. The van der Waals surface area contributed by atoms with Crippen LogP contribution in [-0.4, -0.2) is 25.9 Å². The van der Waals surface area contributed by atoms with E-state index in [-0.39, 0.29) is 16.9 Å². The van der Waals surface area contributed by atoms with Gasteiger partial charge in [-0.2, -0.15) is 16.8 Å². The predicted molar refractivity (Wildman–Crippen MR) is 87.1 cm³/mol. The van der Waals surface area contributed by atoms with Crippen molar-refractivity contribution in [1.82, 2.24) is 0 Å². The lowest BCUT2D eigenvalue weighted by Crippen LogP contribution is -2.04. The first-order valence-corrected chi connectivity index (χ1v) is 9.43. The maximum atomic E-state index is 11.5. The SMILES string of the molecule is N#COC(=Cc1ccccc1S(=O)(=O)O)c1ccccc1S(=O)(=O)O. The van der Waals surface area contributed by atoms with Gasteiger partial charge in [0.1, 0.15) is 9.79 Å². The van der Waals surface area contributed by atoms with Gasteiger partial charge in [0.05, 0.1) is 0 Å². The highest BCUT2D eigenvalue weighted by Crippen LogP contribution is 2.28. The van der Waals surface area contributed by atoms with Gasteiger partial charge >= 0.3 is 0 Å². The standard InChI is InChI=1S/C15H11NO7S2/c16-10-23-13(12-6-2-4-8-15(12)25(20,21)22)9-11-5-1-3-7-14(11)24(17,18)19/h1-9H,(H,17,18,19)(H,20,21,22). The molecule has 8 nitrogen and oxygen atoms in total. The Morgan fingerprint density at radius 1 is 0.920 bits per heavy atom. The summed E-state index contributed by atoms with van der Waals surface area (Å²) >= 11 is 0. The van der Waals surface area contributed by atoms with Crippen LogP contribution in [0.4, 0.5) is 0 Å². The van der Waals surface area contributed by atoms with Crippen molar-refractivity contribution in [3.05, 3.63) is 59.7 Å². The van der Waals surface area contributed by atoms with Crippen LogP contribution in [0.2, 0.25) is 0 Å². The highest BCUT2D eigenvalue weighted by molar-refractivity contribution is 7.86. The molecular formula is C15H11NO7S2. The van der Waals surface area contributed by atoms with Crippen LogP contribution >= 0.6 is 0 Å². The molecule has 0 aromatic heterocycles. The molecule has 2 aromatic rings. The van der Waals surface area contributed by atoms with Gasteiger partial charge in [0.25, 0.3) is 26.5 Å². The molecule has 130 valence electrons. The molecule has 0 aliphatic carbocycles. The molecule has 0 spiro atoms. The summed E-state index contributed by atoms with van der Waals surface area (Å²) in [7, 11) is -9.19. The molecule has 25 heavy (non-hydrogen) atoms. The minimum atomic E-state index is -4.63. The summed E-state index contributed by atoms with van der Waals surface area (Å²) in [6.45, 7) is 0. The predicted octanol–water partition coefficient (Wildman–Crippen LogP) is 2.18. The number of hydrogen-bond donors (Lipinski definition) is 2. The van der Waals surface area contributed by atoms with E-state index < -0.39 is 30.0 Å². The molecule has 0 unspecified atom stereocenters. The first-order chi connectivity index (χ1) is 11.6. The van der Waals surface area contributed by atoms with Crippen LogP contribution in [0.5, 0.6) is 0 Å². The van der Waals surface area contributed by atoms with Crippen molar-refractivity contribution in [1.29, 1.82) is 5.26 Å². The third-order valence-electron chi connectivity index (χ3n) is 3.07. The first kappa shape index (κ1) is 18.6. The second kappa shape index (κ2) is 7.04. The van der Waals surface area contributed by atoms with Gasteiger partial charge in [-0.3, -0.25) is 9.11 Å². The fourth-order valence-corrected chi connectivity index (χ4v) is 3.45. The second-order valence-electron chi connectivity index (χ2n) is 4.69. The van der Waals surface area contributed by atoms with Crippen molar-refractivity contribution in [2.75, 3.05) is 0 Å². The van der Waals surface area contributed by atoms with Gasteiger partial charge in [-0.05, 0) is 29.8 Å². The Morgan fingerprint density at radius 2 is 1.44 bits per heavy atom. The summed E-state index contributed by atoms with van der Waals surface area (Å²) in [6, 6.07) is 10.4. The molecule has 0 radical (unpaired) electrons. The van der Waals surface area contributed by atoms with Gasteiger partial charge in [-0.25, -0.2) is 0 Å². The van der Waals surface area contributed by atoms with Crippen molar-refractivity contribution in [2.24, 2.45) is 0 Å². The van der Waals surface area contributed by atoms with E-state index >= 15 is 0 Å². The molecule has 2 aromatic carbocycles. The highest BCUT2D eigenvalue weighted by atomic mass is 32.2. The zero-order chi connectivity index (χ0) is 18.7. The normalized spacial score (nSPS) is 12.4. The summed E-state index contributed by atoms with van der Waals surface area (Å²) < 4.78 is 69.2. The third kappa shape index (κ3) is 4.43. The molecule has 0 aliphatic heterocycles. The van der Waals surface area contributed by atoms with E-state index in [2.05, 4.69) is 0 Å². The molecule has 0 amide bonds. The van der Waals surface area contributed by atoms with Crippen LogP contribution in [0, 0.1) is 11.5 Å². The number of rotatable bonds is 5. The molecule has 2 N–H and O–H groups in total. The van der Waals surface area contributed by atoms with E-state index in [1.54, 1.807) is 0 Å². The van der Waals surface area contributed by atoms with Crippen molar-refractivity contribution in [3.8, 4) is 6.26 Å². The van der Waals surface area contributed by atoms with Crippen LogP contribution in [0.1, 0.15) is 11.1 Å². The molecule has 0 fully saturated rings. The Labute approximate surface area is 144 Å². The van der Waals surface area contributed by atoms with E-state index in [9.17, 15) is 25.9 Å². The van der Waals surface area contributed by atoms with Gasteiger partial charge in [0.2, 0.25) is 0 Å². The Morgan fingerprint density at radius 3 is 2.00 bits per heavy atom. The minimum Gasteiger partial charge on any atom is -0.387 e. The summed E-state index contributed by atoms with van der Waals surface area (Å²) in [6.07, 6.45) is 2.43. The lowest BCUT2D eigenvalue weighted by Gasteiger charge is -2.09. The smallest absolute Gasteiger partial charge is 0.295 e. The van der Waals surface area contributed by atoms with E-state index in [1.165, 1.54) is 42.7 Å². The zero-order valence-electron chi connectivity index (χ0n) is 12.4. The molecule has 0 saturated heterocycles. The van der Waals surface area contributed by atoms with Crippen molar-refractivity contribution in [3.63, 3.8) is 0 Å². The molecule has 0 heterocycles. The number of nitrogens with zero attached hydrogens (tertiary/aromatic N) is 1. The van der Waals surface area contributed by atoms with E-state index in [1.807, 2.05) is 0 Å². The molecule has 0 bridgehead atoms. The Bertz CT molecular complexity index is 1080. The van der Waals surface area contributed by atoms with Crippen molar-refractivity contribution >= 4 is 32.1 Å². The highest BCUT2D eigenvalue weighted by Gasteiger charge is 2.20. The van der Waals surface area contributed by atoms with Crippen LogP contribution in [0.25, 0.3) is 11.8 Å². The van der Waals surface area contributed by atoms with Crippen LogP contribution < -0.4 is 0 Å². The molecule has 0 aliphatic rings. The summed E-state index contributed by atoms with van der Waals surface area (Å²) in [5, 5.41) is 8.81. The second-order valence-corrected chi connectivity index (χ2v) is 7.47. The minimum absolute atomic E-state index is 0.0413. The van der Waals surface area contributed by atoms with Crippen molar-refractivity contribution in [2.45, 2.75) is 9.79 Å². The lowest BCUT2D eigenvalue weighted by atomic mass is 10.1. The average Bonchev–Trinajstić information content (AvgIpc) is 2.53. The number of ether oxygens (including phenoxy) is 1. The summed E-state index contributed by atoms with van der Waals surface area (Å²) in [5.41, 5.74) is -0.197. The molecule has 0 atom stereocenters. The lowest BCUT2D eigenvalue weighted by molar-refractivity contribution is 0.459. The zero-order valence-corrected chi connectivity index (χ0v) is 14.0. The molecular weight excluding hydrogens is 370 g/mol. The first-order valence-electron chi connectivity index (χ1n) is 6.55. The monoisotopic (exact) mass is 381 g/mol. The van der Waals surface area contributed by atoms with Crippen LogP contribution in [-0.2, 0) is 25.0 Å². The molecule has 10 heteroatoms.